The average molecular weight is 537 g/mol. The lowest BCUT2D eigenvalue weighted by Gasteiger charge is -2.32. The van der Waals surface area contributed by atoms with E-state index < -0.39 is 10.0 Å². The first-order valence-corrected chi connectivity index (χ1v) is 16.6. The minimum Gasteiger partial charge on any atom is -0.443 e. The molecule has 0 bridgehead atoms. The van der Waals surface area contributed by atoms with Gasteiger partial charge >= 0.3 is 6.09 Å². The first-order valence-electron chi connectivity index (χ1n) is 12.7. The van der Waals surface area contributed by atoms with Crippen LogP contribution in [0, 0.1) is 5.92 Å². The van der Waals surface area contributed by atoms with Gasteiger partial charge in [0.15, 0.2) is 0 Å². The Bertz CT molecular complexity index is 1110. The van der Waals surface area contributed by atoms with Gasteiger partial charge in [0.1, 0.15) is 5.60 Å². The summed E-state index contributed by atoms with van der Waals surface area (Å²) in [4.78, 5) is 17.2. The molecule has 0 spiro atoms. The fourth-order valence-electron chi connectivity index (χ4n) is 5.13. The molecule has 1 aromatic rings. The minimum absolute atomic E-state index is 0.125. The molecule has 1 aromatic carbocycles. The number of rotatable bonds is 6. The molecule has 0 radical (unpaired) electrons. The SMILES string of the molecule is CC1(OC(=O)N2CCC(CCC3=C(c4ccc5c(c4)CCN(S(C)(=O)=O)C5)SCCS3)CC2)CC1. The predicted octanol–water partition coefficient (Wildman–Crippen LogP) is 5.33. The number of fused-ring (bicyclic) bond motifs is 1. The van der Waals surface area contributed by atoms with Crippen LogP contribution in [0.25, 0.3) is 4.91 Å². The molecule has 5 rings (SSSR count). The van der Waals surface area contributed by atoms with Crippen molar-refractivity contribution in [3.63, 3.8) is 0 Å². The second-order valence-electron chi connectivity index (χ2n) is 10.6. The number of carbonyl (C=O) groups excluding carboxylic acids is 1. The van der Waals surface area contributed by atoms with Crippen molar-refractivity contribution in [2.75, 3.05) is 37.4 Å². The Morgan fingerprint density at radius 2 is 1.86 bits per heavy atom. The average Bonchev–Trinajstić information content (AvgIpc) is 3.58. The summed E-state index contributed by atoms with van der Waals surface area (Å²) in [6.45, 7) is 4.68. The Kier molecular flexibility index (Phi) is 7.50. The molecule has 6 nitrogen and oxygen atoms in total. The van der Waals surface area contributed by atoms with Gasteiger partial charge in [-0.1, -0.05) is 18.2 Å². The molecular weight excluding hydrogens is 500 g/mol. The van der Waals surface area contributed by atoms with Gasteiger partial charge in [-0.3, -0.25) is 0 Å². The van der Waals surface area contributed by atoms with E-state index in [4.69, 9.17) is 4.74 Å². The summed E-state index contributed by atoms with van der Waals surface area (Å²) >= 11 is 3.97. The summed E-state index contributed by atoms with van der Waals surface area (Å²) < 4.78 is 31.1. The van der Waals surface area contributed by atoms with E-state index in [2.05, 4.69) is 18.2 Å². The first kappa shape index (κ1) is 25.5. The fourth-order valence-corrected chi connectivity index (χ4v) is 8.46. The van der Waals surface area contributed by atoms with Crippen LogP contribution in [0.5, 0.6) is 0 Å². The van der Waals surface area contributed by atoms with E-state index in [1.165, 1.54) is 33.6 Å². The van der Waals surface area contributed by atoms with Crippen LogP contribution in [0.15, 0.2) is 23.1 Å². The molecule has 0 aromatic heterocycles. The van der Waals surface area contributed by atoms with Gasteiger partial charge in [-0.2, -0.15) is 4.31 Å². The Morgan fingerprint density at radius 1 is 1.11 bits per heavy atom. The van der Waals surface area contributed by atoms with Gasteiger partial charge < -0.3 is 9.64 Å². The van der Waals surface area contributed by atoms with Crippen molar-refractivity contribution in [2.45, 2.75) is 64.0 Å². The van der Waals surface area contributed by atoms with Gasteiger partial charge in [-0.25, -0.2) is 13.2 Å². The van der Waals surface area contributed by atoms with Crippen LogP contribution in [0.2, 0.25) is 0 Å². The lowest BCUT2D eigenvalue weighted by atomic mass is 9.92. The highest BCUT2D eigenvalue weighted by Crippen LogP contribution is 2.44. The van der Waals surface area contributed by atoms with E-state index in [1.54, 1.807) is 4.31 Å². The highest BCUT2D eigenvalue weighted by atomic mass is 32.2. The number of piperidine rings is 1. The highest BCUT2D eigenvalue weighted by molar-refractivity contribution is 8.13. The summed E-state index contributed by atoms with van der Waals surface area (Å²) in [5.74, 6) is 2.94. The molecule has 1 aliphatic carbocycles. The number of allylic oxidation sites excluding steroid dienone is 1. The molecule has 1 saturated carbocycles. The third-order valence-electron chi connectivity index (χ3n) is 7.71. The van der Waals surface area contributed by atoms with E-state index in [1.807, 2.05) is 35.3 Å². The zero-order chi connectivity index (χ0) is 24.6. The number of likely N-dealkylation sites (tertiary alicyclic amines) is 1. The second-order valence-corrected chi connectivity index (χ2v) is 14.8. The number of sulfonamides is 1. The van der Waals surface area contributed by atoms with Gasteiger partial charge in [-0.15, -0.1) is 23.5 Å². The third kappa shape index (κ3) is 6.22. The van der Waals surface area contributed by atoms with Gasteiger partial charge in [-0.05, 0) is 79.4 Å². The topological polar surface area (TPSA) is 66.9 Å². The summed E-state index contributed by atoms with van der Waals surface area (Å²) in [5, 5.41) is 0. The minimum atomic E-state index is -3.15. The largest absolute Gasteiger partial charge is 0.443 e. The normalized spacial score (nSPS) is 23.2. The summed E-state index contributed by atoms with van der Waals surface area (Å²) in [5.41, 5.74) is 3.50. The Labute approximate surface area is 218 Å². The molecule has 3 aliphatic heterocycles. The van der Waals surface area contributed by atoms with Crippen molar-refractivity contribution in [1.29, 1.82) is 0 Å². The maximum Gasteiger partial charge on any atom is 0.410 e. The number of hydrogen-bond donors (Lipinski definition) is 0. The molecule has 1 saturated heterocycles. The maximum atomic E-state index is 12.4. The molecule has 1 amide bonds. The molecule has 0 unspecified atom stereocenters. The van der Waals surface area contributed by atoms with Crippen LogP contribution in [0.3, 0.4) is 0 Å². The van der Waals surface area contributed by atoms with E-state index in [9.17, 15) is 13.2 Å². The molecule has 0 atom stereocenters. The predicted molar refractivity (Wildman–Crippen MR) is 145 cm³/mol. The zero-order valence-corrected chi connectivity index (χ0v) is 23.2. The Hall–Kier alpha value is -1.16. The van der Waals surface area contributed by atoms with Crippen LogP contribution in [-0.4, -0.2) is 66.7 Å². The van der Waals surface area contributed by atoms with Crippen molar-refractivity contribution in [2.24, 2.45) is 5.92 Å². The standard InChI is InChI=1S/C26H36N2O4S3/c1-26(10-11-26)32-25(29)27-12-7-19(8-13-27)3-6-23-24(34-16-15-33-23)21-4-5-22-18-28(35(2,30)31)14-9-20(22)17-21/h4-5,17,19H,3,6-16,18H2,1-2H3. The second kappa shape index (κ2) is 10.3. The number of benzene rings is 1. The lowest BCUT2D eigenvalue weighted by molar-refractivity contribution is 0.0486. The third-order valence-corrected chi connectivity index (χ3v) is 11.7. The Morgan fingerprint density at radius 3 is 2.57 bits per heavy atom. The van der Waals surface area contributed by atoms with Crippen molar-refractivity contribution in [3.8, 4) is 0 Å². The van der Waals surface area contributed by atoms with Gasteiger partial charge in [0.25, 0.3) is 0 Å². The number of carbonyl (C=O) groups is 1. The van der Waals surface area contributed by atoms with Crippen LogP contribution in [0.4, 0.5) is 4.79 Å². The fraction of sp³-hybridized carbons (Fsp3) is 0.654. The van der Waals surface area contributed by atoms with Crippen LogP contribution < -0.4 is 0 Å². The zero-order valence-electron chi connectivity index (χ0n) is 20.8. The molecular formula is C26H36N2O4S3. The number of nitrogens with zero attached hydrogens (tertiary/aromatic N) is 2. The molecule has 35 heavy (non-hydrogen) atoms. The molecule has 3 heterocycles. The summed E-state index contributed by atoms with van der Waals surface area (Å²) in [7, 11) is -3.15. The molecule has 192 valence electrons. The first-order chi connectivity index (χ1) is 16.7. The monoisotopic (exact) mass is 536 g/mol. The number of amides is 1. The van der Waals surface area contributed by atoms with E-state index >= 15 is 0 Å². The smallest absolute Gasteiger partial charge is 0.410 e. The number of ether oxygens (including phenoxy) is 1. The maximum absolute atomic E-state index is 12.4. The van der Waals surface area contributed by atoms with E-state index in [0.29, 0.717) is 19.0 Å². The van der Waals surface area contributed by atoms with Crippen LogP contribution in [-0.2, 0) is 27.7 Å². The highest BCUT2D eigenvalue weighted by Gasteiger charge is 2.43. The van der Waals surface area contributed by atoms with Gasteiger partial charge in [0, 0.05) is 42.6 Å². The molecule has 2 fully saturated rings. The van der Waals surface area contributed by atoms with Crippen LogP contribution >= 0.6 is 23.5 Å². The quantitative estimate of drug-likeness (QED) is 0.489. The Balaban J connectivity index is 1.20. The molecule has 4 aliphatic rings. The van der Waals surface area contributed by atoms with Gasteiger partial charge in [0.05, 0.1) is 6.26 Å². The van der Waals surface area contributed by atoms with Crippen molar-refractivity contribution >= 4 is 44.5 Å². The van der Waals surface area contributed by atoms with Gasteiger partial charge in [0.2, 0.25) is 10.0 Å². The van der Waals surface area contributed by atoms with Crippen molar-refractivity contribution in [3.05, 3.63) is 39.8 Å². The lowest BCUT2D eigenvalue weighted by Crippen LogP contribution is -2.40. The summed E-state index contributed by atoms with van der Waals surface area (Å²) in [6, 6.07) is 6.61. The van der Waals surface area contributed by atoms with E-state index in [-0.39, 0.29) is 11.7 Å². The number of hydrogen-bond acceptors (Lipinski definition) is 6. The summed E-state index contributed by atoms with van der Waals surface area (Å²) in [6.07, 6.45) is 8.31. The van der Waals surface area contributed by atoms with Crippen LogP contribution in [0.1, 0.15) is 62.1 Å². The van der Waals surface area contributed by atoms with Crippen molar-refractivity contribution in [1.82, 2.24) is 9.21 Å². The van der Waals surface area contributed by atoms with E-state index in [0.717, 1.165) is 68.7 Å². The number of thioether (sulfide) groups is 2. The molecule has 9 heteroatoms. The van der Waals surface area contributed by atoms with Crippen molar-refractivity contribution < 1.29 is 17.9 Å². The molecule has 0 N–H and O–H groups in total.